The Balaban J connectivity index is 1.99. The van der Waals surface area contributed by atoms with Crippen LogP contribution in [-0.2, 0) is 4.74 Å². The number of hydrogen-bond donors (Lipinski definition) is 0. The Kier molecular flexibility index (Phi) is 6.51. The minimum atomic E-state index is -0.522. The summed E-state index contributed by atoms with van der Waals surface area (Å²) in [6.45, 7) is 2.33. The van der Waals surface area contributed by atoms with Crippen molar-refractivity contribution in [2.75, 3.05) is 34.5 Å². The smallest absolute Gasteiger partial charge is 0.342 e. The summed E-state index contributed by atoms with van der Waals surface area (Å²) in [6, 6.07) is 10.8. The highest BCUT2D eigenvalue weighted by atomic mass is 16.6. The first-order valence-corrected chi connectivity index (χ1v) is 7.76. The minimum absolute atomic E-state index is 0.116. The van der Waals surface area contributed by atoms with Crippen LogP contribution >= 0.6 is 0 Å². The van der Waals surface area contributed by atoms with Gasteiger partial charge < -0.3 is 23.7 Å². The highest BCUT2D eigenvalue weighted by Crippen LogP contribution is 2.34. The quantitative estimate of drug-likeness (QED) is 0.540. The summed E-state index contributed by atoms with van der Waals surface area (Å²) in [7, 11) is 4.48. The van der Waals surface area contributed by atoms with E-state index in [1.807, 2.05) is 31.2 Å². The lowest BCUT2D eigenvalue weighted by Gasteiger charge is -2.14. The predicted molar refractivity (Wildman–Crippen MR) is 93.1 cm³/mol. The number of benzene rings is 2. The molecule has 0 atom stereocenters. The van der Waals surface area contributed by atoms with Crippen molar-refractivity contribution in [1.29, 1.82) is 0 Å². The second-order valence-corrected chi connectivity index (χ2v) is 5.16. The lowest BCUT2D eigenvalue weighted by Crippen LogP contribution is -2.13. The summed E-state index contributed by atoms with van der Waals surface area (Å²) >= 11 is 0. The Hall–Kier alpha value is -2.89. The normalized spacial score (nSPS) is 10.1. The first-order chi connectivity index (χ1) is 12.1. The number of para-hydroxylation sites is 1. The molecule has 6 nitrogen and oxygen atoms in total. The Morgan fingerprint density at radius 3 is 2.12 bits per heavy atom. The van der Waals surface area contributed by atoms with Gasteiger partial charge >= 0.3 is 5.97 Å². The third kappa shape index (κ3) is 4.56. The summed E-state index contributed by atoms with van der Waals surface area (Å²) < 4.78 is 26.5. The van der Waals surface area contributed by atoms with E-state index in [4.69, 9.17) is 23.7 Å². The van der Waals surface area contributed by atoms with E-state index in [0.717, 1.165) is 11.3 Å². The van der Waals surface area contributed by atoms with Crippen molar-refractivity contribution >= 4 is 5.97 Å². The van der Waals surface area contributed by atoms with E-state index in [-0.39, 0.29) is 18.8 Å². The molecule has 0 unspecified atom stereocenters. The fourth-order valence-electron chi connectivity index (χ4n) is 2.27. The van der Waals surface area contributed by atoms with Crippen LogP contribution in [0.15, 0.2) is 36.4 Å². The number of rotatable bonds is 8. The molecule has 0 radical (unpaired) electrons. The molecule has 0 saturated carbocycles. The Labute approximate surface area is 147 Å². The lowest BCUT2D eigenvalue weighted by molar-refractivity contribution is 0.0446. The second kappa shape index (κ2) is 8.82. The molecular formula is C19H22O6. The summed E-state index contributed by atoms with van der Waals surface area (Å²) in [6.07, 6.45) is 0. The summed E-state index contributed by atoms with van der Waals surface area (Å²) in [5.74, 6) is 1.49. The highest BCUT2D eigenvalue weighted by Gasteiger charge is 2.19. The zero-order chi connectivity index (χ0) is 18.2. The summed E-state index contributed by atoms with van der Waals surface area (Å²) in [4.78, 5) is 12.3. The standard InChI is InChI=1S/C19H22O6/c1-13-7-5-6-8-15(13)24-9-10-25-19(20)14-11-17(22-3)18(23-4)12-16(14)21-2/h5-8,11-12H,9-10H2,1-4H3. The zero-order valence-corrected chi connectivity index (χ0v) is 14.8. The van der Waals surface area contributed by atoms with Gasteiger partial charge in [-0.3, -0.25) is 0 Å². The van der Waals surface area contributed by atoms with Crippen molar-refractivity contribution in [2.45, 2.75) is 6.92 Å². The van der Waals surface area contributed by atoms with Gasteiger partial charge in [-0.15, -0.1) is 0 Å². The third-order valence-electron chi connectivity index (χ3n) is 3.59. The monoisotopic (exact) mass is 346 g/mol. The number of carbonyl (C=O) groups excluding carboxylic acids is 1. The first-order valence-electron chi connectivity index (χ1n) is 7.76. The first kappa shape index (κ1) is 18.4. The van der Waals surface area contributed by atoms with Crippen molar-refractivity contribution in [3.8, 4) is 23.0 Å². The third-order valence-corrected chi connectivity index (χ3v) is 3.59. The summed E-state index contributed by atoms with van der Waals surface area (Å²) in [5, 5.41) is 0. The number of hydrogen-bond acceptors (Lipinski definition) is 6. The van der Waals surface area contributed by atoms with Gasteiger partial charge in [-0.25, -0.2) is 4.79 Å². The minimum Gasteiger partial charge on any atom is -0.496 e. The maximum absolute atomic E-state index is 12.3. The van der Waals surface area contributed by atoms with Crippen molar-refractivity contribution in [3.05, 3.63) is 47.5 Å². The highest BCUT2D eigenvalue weighted by molar-refractivity contribution is 5.93. The van der Waals surface area contributed by atoms with Crippen LogP contribution in [0.1, 0.15) is 15.9 Å². The molecule has 6 heteroatoms. The molecule has 0 N–H and O–H groups in total. The SMILES string of the molecule is COc1cc(OC)c(C(=O)OCCOc2ccccc2C)cc1OC. The number of methoxy groups -OCH3 is 3. The zero-order valence-electron chi connectivity index (χ0n) is 14.8. The molecule has 0 aromatic heterocycles. The van der Waals surface area contributed by atoms with Crippen molar-refractivity contribution in [3.63, 3.8) is 0 Å². The van der Waals surface area contributed by atoms with Crippen LogP contribution < -0.4 is 18.9 Å². The van der Waals surface area contributed by atoms with Gasteiger partial charge in [0.2, 0.25) is 0 Å². The fraction of sp³-hybridized carbons (Fsp3) is 0.316. The lowest BCUT2D eigenvalue weighted by atomic mass is 10.1. The fourth-order valence-corrected chi connectivity index (χ4v) is 2.27. The van der Waals surface area contributed by atoms with E-state index in [1.54, 1.807) is 6.07 Å². The second-order valence-electron chi connectivity index (χ2n) is 5.16. The van der Waals surface area contributed by atoms with Gasteiger partial charge in [0.25, 0.3) is 0 Å². The molecule has 0 amide bonds. The van der Waals surface area contributed by atoms with Gasteiger partial charge in [-0.05, 0) is 18.6 Å². The molecule has 0 aliphatic carbocycles. The topological polar surface area (TPSA) is 63.2 Å². The Bertz CT molecular complexity index is 726. The van der Waals surface area contributed by atoms with E-state index >= 15 is 0 Å². The maximum Gasteiger partial charge on any atom is 0.342 e. The Morgan fingerprint density at radius 1 is 0.840 bits per heavy atom. The van der Waals surface area contributed by atoms with Gasteiger partial charge in [0.15, 0.2) is 11.5 Å². The van der Waals surface area contributed by atoms with Crippen LogP contribution in [0.3, 0.4) is 0 Å². The molecular weight excluding hydrogens is 324 g/mol. The van der Waals surface area contributed by atoms with Crippen molar-refractivity contribution < 1.29 is 28.5 Å². The summed E-state index contributed by atoms with van der Waals surface area (Å²) in [5.41, 5.74) is 1.28. The van der Waals surface area contributed by atoms with Crippen molar-refractivity contribution in [1.82, 2.24) is 0 Å². The molecule has 0 aliphatic heterocycles. The molecule has 0 aliphatic rings. The van der Waals surface area contributed by atoms with E-state index in [9.17, 15) is 4.79 Å². The van der Waals surface area contributed by atoms with E-state index in [2.05, 4.69) is 0 Å². The van der Waals surface area contributed by atoms with Gasteiger partial charge in [0, 0.05) is 12.1 Å². The number of esters is 1. The number of ether oxygens (including phenoxy) is 5. The number of aryl methyl sites for hydroxylation is 1. The van der Waals surface area contributed by atoms with Crippen LogP contribution in [0.2, 0.25) is 0 Å². The molecule has 25 heavy (non-hydrogen) atoms. The van der Waals surface area contributed by atoms with Gasteiger partial charge in [0.05, 0.1) is 21.3 Å². The predicted octanol–water partition coefficient (Wildman–Crippen LogP) is 3.26. The van der Waals surface area contributed by atoms with Crippen LogP contribution in [-0.4, -0.2) is 40.5 Å². The van der Waals surface area contributed by atoms with Crippen LogP contribution in [0, 0.1) is 6.92 Å². The molecule has 0 saturated heterocycles. The van der Waals surface area contributed by atoms with Crippen LogP contribution in [0.4, 0.5) is 0 Å². The van der Waals surface area contributed by atoms with Crippen LogP contribution in [0.25, 0.3) is 0 Å². The average molecular weight is 346 g/mol. The average Bonchev–Trinajstić information content (AvgIpc) is 2.65. The molecule has 0 heterocycles. The number of carbonyl (C=O) groups is 1. The van der Waals surface area contributed by atoms with Gasteiger partial charge in [-0.1, -0.05) is 18.2 Å². The van der Waals surface area contributed by atoms with Gasteiger partial charge in [-0.2, -0.15) is 0 Å². The molecule has 0 spiro atoms. The molecule has 2 aromatic rings. The van der Waals surface area contributed by atoms with E-state index in [1.165, 1.54) is 27.4 Å². The molecule has 2 rings (SSSR count). The molecule has 0 fully saturated rings. The molecule has 134 valence electrons. The Morgan fingerprint density at radius 2 is 1.48 bits per heavy atom. The molecule has 2 aromatic carbocycles. The van der Waals surface area contributed by atoms with Crippen molar-refractivity contribution in [2.24, 2.45) is 0 Å². The molecule has 0 bridgehead atoms. The maximum atomic E-state index is 12.3. The van der Waals surface area contributed by atoms with Gasteiger partial charge in [0.1, 0.15) is 30.3 Å². The van der Waals surface area contributed by atoms with Crippen LogP contribution in [0.5, 0.6) is 23.0 Å². The largest absolute Gasteiger partial charge is 0.496 e. The van der Waals surface area contributed by atoms with E-state index < -0.39 is 5.97 Å². The van der Waals surface area contributed by atoms with E-state index in [0.29, 0.717) is 17.2 Å².